The summed E-state index contributed by atoms with van der Waals surface area (Å²) in [5, 5.41) is 0. The molecule has 1 atom stereocenters. The van der Waals surface area contributed by atoms with Gasteiger partial charge in [0.2, 0.25) is 0 Å². The van der Waals surface area contributed by atoms with Crippen LogP contribution in [0.2, 0.25) is 0 Å². The van der Waals surface area contributed by atoms with Crippen LogP contribution in [0.15, 0.2) is 24.3 Å². The summed E-state index contributed by atoms with van der Waals surface area (Å²) in [5.41, 5.74) is 8.55. The number of hydrogen-bond donors (Lipinski definition) is 1. The minimum Gasteiger partial charge on any atom is -0.324 e. The Kier molecular flexibility index (Phi) is 4.15. The zero-order valence-electron chi connectivity index (χ0n) is 9.46. The predicted octanol–water partition coefficient (Wildman–Crippen LogP) is 3.61. The predicted molar refractivity (Wildman–Crippen MR) is 62.4 cm³/mol. The molecule has 0 fully saturated rings. The Morgan fingerprint density at radius 3 is 2.21 bits per heavy atom. The Labute approximate surface area is 87.3 Å². The van der Waals surface area contributed by atoms with Gasteiger partial charge in [0.1, 0.15) is 0 Å². The SMILES string of the molecule is CCC(CC)c1cccc(C(C)N)c1. The molecule has 0 bridgehead atoms. The molecule has 1 heteroatoms. The molecule has 2 N–H and O–H groups in total. The van der Waals surface area contributed by atoms with E-state index in [2.05, 4.69) is 38.1 Å². The largest absolute Gasteiger partial charge is 0.324 e. The van der Waals surface area contributed by atoms with E-state index in [0.29, 0.717) is 5.92 Å². The molecule has 1 aromatic rings. The van der Waals surface area contributed by atoms with Crippen LogP contribution in [0.5, 0.6) is 0 Å². The van der Waals surface area contributed by atoms with Crippen LogP contribution in [0.4, 0.5) is 0 Å². The lowest BCUT2D eigenvalue weighted by atomic mass is 9.92. The third kappa shape index (κ3) is 2.58. The smallest absolute Gasteiger partial charge is 0.0266 e. The van der Waals surface area contributed by atoms with Gasteiger partial charge in [-0.25, -0.2) is 0 Å². The Balaban J connectivity index is 2.92. The van der Waals surface area contributed by atoms with Crippen molar-refractivity contribution in [1.82, 2.24) is 0 Å². The van der Waals surface area contributed by atoms with Gasteiger partial charge in [-0.05, 0) is 36.8 Å². The molecule has 0 amide bonds. The highest BCUT2D eigenvalue weighted by molar-refractivity contribution is 5.28. The standard InChI is InChI=1S/C13H21N/c1-4-11(5-2)13-8-6-7-12(9-13)10(3)14/h6-11H,4-5,14H2,1-3H3. The minimum atomic E-state index is 0.143. The van der Waals surface area contributed by atoms with Gasteiger partial charge >= 0.3 is 0 Å². The van der Waals surface area contributed by atoms with E-state index in [9.17, 15) is 0 Å². The Bertz CT molecular complexity index is 274. The Hall–Kier alpha value is -0.820. The number of hydrogen-bond acceptors (Lipinski definition) is 1. The van der Waals surface area contributed by atoms with Crippen molar-refractivity contribution in [2.45, 2.75) is 45.6 Å². The zero-order chi connectivity index (χ0) is 10.6. The van der Waals surface area contributed by atoms with Gasteiger partial charge in [-0.1, -0.05) is 38.1 Å². The topological polar surface area (TPSA) is 26.0 Å². The van der Waals surface area contributed by atoms with Crippen molar-refractivity contribution in [3.8, 4) is 0 Å². The molecular formula is C13H21N. The van der Waals surface area contributed by atoms with Crippen LogP contribution in [-0.2, 0) is 0 Å². The van der Waals surface area contributed by atoms with E-state index in [1.54, 1.807) is 0 Å². The molecule has 0 saturated heterocycles. The number of rotatable bonds is 4. The summed E-state index contributed by atoms with van der Waals surface area (Å²) in [5.74, 6) is 0.689. The van der Waals surface area contributed by atoms with Crippen LogP contribution in [-0.4, -0.2) is 0 Å². The van der Waals surface area contributed by atoms with Crippen molar-refractivity contribution in [1.29, 1.82) is 0 Å². The molecule has 0 aliphatic carbocycles. The van der Waals surface area contributed by atoms with Crippen molar-refractivity contribution in [2.75, 3.05) is 0 Å². The maximum atomic E-state index is 5.87. The van der Waals surface area contributed by atoms with Gasteiger partial charge in [0.15, 0.2) is 0 Å². The van der Waals surface area contributed by atoms with Crippen molar-refractivity contribution >= 4 is 0 Å². The van der Waals surface area contributed by atoms with Gasteiger partial charge in [-0.3, -0.25) is 0 Å². The van der Waals surface area contributed by atoms with E-state index < -0.39 is 0 Å². The summed E-state index contributed by atoms with van der Waals surface area (Å²) in [6.45, 7) is 6.52. The van der Waals surface area contributed by atoms with Crippen LogP contribution in [0.1, 0.15) is 56.7 Å². The Morgan fingerprint density at radius 2 is 1.71 bits per heavy atom. The first-order valence-electron chi connectivity index (χ1n) is 5.54. The molecule has 78 valence electrons. The molecule has 1 unspecified atom stereocenters. The maximum Gasteiger partial charge on any atom is 0.0266 e. The summed E-state index contributed by atoms with van der Waals surface area (Å²) in [6.07, 6.45) is 2.41. The minimum absolute atomic E-state index is 0.143. The fraction of sp³-hybridized carbons (Fsp3) is 0.538. The van der Waals surface area contributed by atoms with E-state index in [0.717, 1.165) is 0 Å². The lowest BCUT2D eigenvalue weighted by molar-refractivity contribution is 0.639. The third-order valence-electron chi connectivity index (χ3n) is 2.89. The fourth-order valence-corrected chi connectivity index (χ4v) is 1.86. The molecule has 1 rings (SSSR count). The summed E-state index contributed by atoms with van der Waals surface area (Å²) < 4.78 is 0. The fourth-order valence-electron chi connectivity index (χ4n) is 1.86. The average Bonchev–Trinajstić information content (AvgIpc) is 2.20. The highest BCUT2D eigenvalue weighted by Crippen LogP contribution is 2.24. The molecule has 0 aromatic heterocycles. The van der Waals surface area contributed by atoms with E-state index in [1.807, 2.05) is 6.92 Å². The van der Waals surface area contributed by atoms with E-state index in [1.165, 1.54) is 24.0 Å². The normalized spacial score (nSPS) is 13.2. The van der Waals surface area contributed by atoms with Gasteiger partial charge in [-0.15, -0.1) is 0 Å². The van der Waals surface area contributed by atoms with Crippen LogP contribution in [0.3, 0.4) is 0 Å². The summed E-state index contributed by atoms with van der Waals surface area (Å²) in [6, 6.07) is 8.83. The van der Waals surface area contributed by atoms with Crippen LogP contribution in [0, 0.1) is 0 Å². The number of nitrogens with two attached hydrogens (primary N) is 1. The monoisotopic (exact) mass is 191 g/mol. The van der Waals surface area contributed by atoms with Crippen LogP contribution >= 0.6 is 0 Å². The Morgan fingerprint density at radius 1 is 1.14 bits per heavy atom. The van der Waals surface area contributed by atoms with Gasteiger partial charge in [-0.2, -0.15) is 0 Å². The molecule has 0 aliphatic rings. The van der Waals surface area contributed by atoms with Crippen molar-refractivity contribution in [3.63, 3.8) is 0 Å². The lowest BCUT2D eigenvalue weighted by Crippen LogP contribution is -2.06. The molecule has 0 radical (unpaired) electrons. The lowest BCUT2D eigenvalue weighted by Gasteiger charge is -2.15. The molecule has 0 heterocycles. The average molecular weight is 191 g/mol. The molecule has 1 nitrogen and oxygen atoms in total. The van der Waals surface area contributed by atoms with Gasteiger partial charge in [0.25, 0.3) is 0 Å². The zero-order valence-corrected chi connectivity index (χ0v) is 9.46. The third-order valence-corrected chi connectivity index (χ3v) is 2.89. The highest BCUT2D eigenvalue weighted by Gasteiger charge is 2.08. The van der Waals surface area contributed by atoms with E-state index >= 15 is 0 Å². The number of benzene rings is 1. The van der Waals surface area contributed by atoms with Gasteiger partial charge in [0, 0.05) is 6.04 Å². The van der Waals surface area contributed by atoms with Crippen molar-refractivity contribution in [2.24, 2.45) is 5.73 Å². The van der Waals surface area contributed by atoms with Crippen molar-refractivity contribution in [3.05, 3.63) is 35.4 Å². The molecule has 1 aromatic carbocycles. The van der Waals surface area contributed by atoms with Crippen LogP contribution < -0.4 is 5.73 Å². The summed E-state index contributed by atoms with van der Waals surface area (Å²) in [4.78, 5) is 0. The first kappa shape index (κ1) is 11.3. The van der Waals surface area contributed by atoms with Crippen molar-refractivity contribution < 1.29 is 0 Å². The second kappa shape index (κ2) is 5.16. The first-order valence-corrected chi connectivity index (χ1v) is 5.54. The molecule has 0 saturated carbocycles. The summed E-state index contributed by atoms with van der Waals surface area (Å²) in [7, 11) is 0. The van der Waals surface area contributed by atoms with Gasteiger partial charge < -0.3 is 5.73 Å². The molecule has 14 heavy (non-hydrogen) atoms. The second-order valence-electron chi connectivity index (χ2n) is 3.97. The molecule has 0 spiro atoms. The molecular weight excluding hydrogens is 170 g/mol. The quantitative estimate of drug-likeness (QED) is 0.773. The van der Waals surface area contributed by atoms with Gasteiger partial charge in [0.05, 0.1) is 0 Å². The van der Waals surface area contributed by atoms with Crippen LogP contribution in [0.25, 0.3) is 0 Å². The van der Waals surface area contributed by atoms with E-state index in [-0.39, 0.29) is 6.04 Å². The second-order valence-corrected chi connectivity index (χ2v) is 3.97. The summed E-state index contributed by atoms with van der Waals surface area (Å²) >= 11 is 0. The maximum absolute atomic E-state index is 5.87. The van der Waals surface area contributed by atoms with E-state index in [4.69, 9.17) is 5.73 Å². The molecule has 0 aliphatic heterocycles. The first-order chi connectivity index (χ1) is 6.69. The highest BCUT2D eigenvalue weighted by atomic mass is 14.6.